The molecule has 3 aliphatic heterocycles. The molecule has 23 heavy (non-hydrogen) atoms. The summed E-state index contributed by atoms with van der Waals surface area (Å²) in [5.41, 5.74) is 2.46. The molecule has 0 unspecified atom stereocenters. The molecule has 0 radical (unpaired) electrons. The SMILES string of the molecule is O[C@@H]1CN(c2ncnc3c2CCNCC3)C[C@H]1N1CCCCC1. The fraction of sp³-hybridized carbons (Fsp3) is 0.765. The maximum absolute atomic E-state index is 10.6. The fourth-order valence-corrected chi connectivity index (χ4v) is 4.28. The minimum absolute atomic E-state index is 0.254. The number of piperidine rings is 1. The summed E-state index contributed by atoms with van der Waals surface area (Å²) < 4.78 is 0. The molecule has 4 heterocycles. The molecule has 2 N–H and O–H groups in total. The summed E-state index contributed by atoms with van der Waals surface area (Å²) in [6.07, 6.45) is 7.22. The van der Waals surface area contributed by atoms with Crippen LogP contribution < -0.4 is 10.2 Å². The van der Waals surface area contributed by atoms with Crippen LogP contribution in [0.15, 0.2) is 6.33 Å². The number of aromatic nitrogens is 2. The number of β-amino-alcohol motifs (C(OH)–C–C–N with tert-alkyl or cyclic N) is 1. The van der Waals surface area contributed by atoms with Gasteiger partial charge in [0.25, 0.3) is 0 Å². The van der Waals surface area contributed by atoms with E-state index < -0.39 is 0 Å². The molecular weight excluding hydrogens is 290 g/mol. The minimum Gasteiger partial charge on any atom is -0.390 e. The predicted octanol–water partition coefficient (Wildman–Crippen LogP) is 0.200. The van der Waals surface area contributed by atoms with Gasteiger partial charge in [-0.3, -0.25) is 4.90 Å². The van der Waals surface area contributed by atoms with E-state index >= 15 is 0 Å². The first-order valence-electron chi connectivity index (χ1n) is 9.03. The first-order chi connectivity index (χ1) is 11.3. The lowest BCUT2D eigenvalue weighted by Crippen LogP contribution is -2.45. The van der Waals surface area contributed by atoms with Crippen molar-refractivity contribution in [2.75, 3.05) is 44.2 Å². The number of nitrogens with one attached hydrogen (secondary N) is 1. The van der Waals surface area contributed by atoms with Gasteiger partial charge in [0.2, 0.25) is 0 Å². The van der Waals surface area contributed by atoms with E-state index in [0.717, 1.165) is 51.4 Å². The van der Waals surface area contributed by atoms with Gasteiger partial charge in [-0.1, -0.05) is 6.42 Å². The maximum atomic E-state index is 10.6. The van der Waals surface area contributed by atoms with E-state index in [1.807, 2.05) is 0 Å². The summed E-state index contributed by atoms with van der Waals surface area (Å²) in [7, 11) is 0. The molecule has 1 aromatic heterocycles. The van der Waals surface area contributed by atoms with E-state index in [0.29, 0.717) is 6.54 Å². The molecule has 0 bridgehead atoms. The third-order valence-electron chi connectivity index (χ3n) is 5.52. The minimum atomic E-state index is -0.275. The lowest BCUT2D eigenvalue weighted by molar-refractivity contribution is 0.0706. The van der Waals surface area contributed by atoms with E-state index in [1.54, 1.807) is 6.33 Å². The molecule has 3 aliphatic rings. The average Bonchev–Trinajstić information content (AvgIpc) is 2.81. The van der Waals surface area contributed by atoms with Crippen molar-refractivity contribution in [3.05, 3.63) is 17.6 Å². The number of likely N-dealkylation sites (tertiary alicyclic amines) is 1. The van der Waals surface area contributed by atoms with Gasteiger partial charge in [-0.15, -0.1) is 0 Å². The largest absolute Gasteiger partial charge is 0.390 e. The number of nitrogens with zero attached hydrogens (tertiary/aromatic N) is 4. The molecule has 2 atom stereocenters. The molecule has 0 amide bonds. The van der Waals surface area contributed by atoms with Crippen molar-refractivity contribution in [2.45, 2.75) is 44.2 Å². The van der Waals surface area contributed by atoms with E-state index in [-0.39, 0.29) is 12.1 Å². The van der Waals surface area contributed by atoms with Crippen LogP contribution in [0.5, 0.6) is 0 Å². The Morgan fingerprint density at radius 1 is 1.04 bits per heavy atom. The van der Waals surface area contributed by atoms with Gasteiger partial charge < -0.3 is 15.3 Å². The van der Waals surface area contributed by atoms with Crippen molar-refractivity contribution in [3.8, 4) is 0 Å². The van der Waals surface area contributed by atoms with Crippen molar-refractivity contribution in [1.82, 2.24) is 20.2 Å². The van der Waals surface area contributed by atoms with Gasteiger partial charge in [0.15, 0.2) is 0 Å². The van der Waals surface area contributed by atoms with Crippen LogP contribution in [-0.4, -0.2) is 71.4 Å². The quantitative estimate of drug-likeness (QED) is 0.812. The second kappa shape index (κ2) is 6.71. The number of aliphatic hydroxyl groups excluding tert-OH is 1. The summed E-state index contributed by atoms with van der Waals surface area (Å²) in [4.78, 5) is 13.8. The first kappa shape index (κ1) is 15.3. The molecule has 2 saturated heterocycles. The molecule has 126 valence electrons. The molecule has 0 aromatic carbocycles. The lowest BCUT2D eigenvalue weighted by atomic mass is 10.1. The van der Waals surface area contributed by atoms with E-state index in [1.165, 1.54) is 30.5 Å². The molecule has 6 heteroatoms. The summed E-state index contributed by atoms with van der Waals surface area (Å²) in [5, 5.41) is 14.0. The van der Waals surface area contributed by atoms with Crippen LogP contribution >= 0.6 is 0 Å². The number of aliphatic hydroxyl groups is 1. The maximum Gasteiger partial charge on any atom is 0.135 e. The molecular formula is C17H27N5O. The Morgan fingerprint density at radius 2 is 1.87 bits per heavy atom. The summed E-state index contributed by atoms with van der Waals surface area (Å²) >= 11 is 0. The first-order valence-corrected chi connectivity index (χ1v) is 9.03. The fourth-order valence-electron chi connectivity index (χ4n) is 4.28. The van der Waals surface area contributed by atoms with Gasteiger partial charge in [-0.05, 0) is 38.9 Å². The van der Waals surface area contributed by atoms with E-state index in [4.69, 9.17) is 0 Å². The molecule has 6 nitrogen and oxygen atoms in total. The number of hydrogen-bond donors (Lipinski definition) is 2. The Morgan fingerprint density at radius 3 is 2.74 bits per heavy atom. The smallest absolute Gasteiger partial charge is 0.135 e. The van der Waals surface area contributed by atoms with E-state index in [2.05, 4.69) is 25.1 Å². The zero-order chi connectivity index (χ0) is 15.6. The van der Waals surface area contributed by atoms with Crippen molar-refractivity contribution in [2.24, 2.45) is 0 Å². The van der Waals surface area contributed by atoms with E-state index in [9.17, 15) is 5.11 Å². The van der Waals surface area contributed by atoms with Crippen LogP contribution in [0.1, 0.15) is 30.5 Å². The molecule has 0 saturated carbocycles. The van der Waals surface area contributed by atoms with Gasteiger partial charge in [0, 0.05) is 31.6 Å². The van der Waals surface area contributed by atoms with Gasteiger partial charge >= 0.3 is 0 Å². The van der Waals surface area contributed by atoms with Crippen LogP contribution in [0, 0.1) is 0 Å². The normalized spacial score (nSPS) is 29.3. The molecule has 0 spiro atoms. The number of fused-ring (bicyclic) bond motifs is 1. The Hall–Kier alpha value is -1.24. The summed E-state index contributed by atoms with van der Waals surface area (Å²) in [6, 6.07) is 0.254. The van der Waals surface area contributed by atoms with Gasteiger partial charge in [-0.25, -0.2) is 9.97 Å². The van der Waals surface area contributed by atoms with Crippen LogP contribution in [0.2, 0.25) is 0 Å². The second-order valence-electron chi connectivity index (χ2n) is 7.01. The second-order valence-corrected chi connectivity index (χ2v) is 7.01. The molecule has 1 aromatic rings. The standard InChI is InChI=1S/C17H27N5O/c23-16-11-22(10-15(16)21-8-2-1-3-9-21)17-13-4-6-18-7-5-14(13)19-12-20-17/h12,15-16,18,23H,1-11H2/t15-,16-/m1/s1. The highest BCUT2D eigenvalue weighted by Gasteiger charge is 2.37. The van der Waals surface area contributed by atoms with Crippen LogP contribution in [0.4, 0.5) is 5.82 Å². The van der Waals surface area contributed by atoms with Crippen molar-refractivity contribution >= 4 is 5.82 Å². The summed E-state index contributed by atoms with van der Waals surface area (Å²) in [6.45, 7) is 5.81. The van der Waals surface area contributed by atoms with Crippen LogP contribution in [0.3, 0.4) is 0 Å². The number of hydrogen-bond acceptors (Lipinski definition) is 6. The van der Waals surface area contributed by atoms with Crippen LogP contribution in [0.25, 0.3) is 0 Å². The van der Waals surface area contributed by atoms with Crippen LogP contribution in [-0.2, 0) is 12.8 Å². The molecule has 2 fully saturated rings. The topological polar surface area (TPSA) is 64.5 Å². The van der Waals surface area contributed by atoms with Gasteiger partial charge in [0.1, 0.15) is 12.1 Å². The molecule has 4 rings (SSSR count). The Bertz CT molecular complexity index is 546. The number of rotatable bonds is 2. The predicted molar refractivity (Wildman–Crippen MR) is 89.7 cm³/mol. The number of anilines is 1. The van der Waals surface area contributed by atoms with Gasteiger partial charge in [-0.2, -0.15) is 0 Å². The highest BCUT2D eigenvalue weighted by molar-refractivity contribution is 5.51. The zero-order valence-electron chi connectivity index (χ0n) is 13.7. The highest BCUT2D eigenvalue weighted by atomic mass is 16.3. The Labute approximate surface area is 137 Å². The lowest BCUT2D eigenvalue weighted by Gasteiger charge is -2.33. The van der Waals surface area contributed by atoms with Crippen molar-refractivity contribution < 1.29 is 5.11 Å². The van der Waals surface area contributed by atoms with Crippen molar-refractivity contribution in [1.29, 1.82) is 0 Å². The zero-order valence-corrected chi connectivity index (χ0v) is 13.7. The van der Waals surface area contributed by atoms with Crippen molar-refractivity contribution in [3.63, 3.8) is 0 Å². The summed E-state index contributed by atoms with van der Waals surface area (Å²) in [5.74, 6) is 1.05. The third-order valence-corrected chi connectivity index (χ3v) is 5.52. The Kier molecular flexibility index (Phi) is 4.46. The van der Waals surface area contributed by atoms with Gasteiger partial charge in [0.05, 0.1) is 17.8 Å². The molecule has 0 aliphatic carbocycles. The highest BCUT2D eigenvalue weighted by Crippen LogP contribution is 2.28. The Balaban J connectivity index is 1.55. The third kappa shape index (κ3) is 3.07. The monoisotopic (exact) mass is 317 g/mol. The average molecular weight is 317 g/mol.